The topological polar surface area (TPSA) is 129 Å². The SMILES string of the molecule is C[C@@H](CS(=O)(=O)CCCCCc1[nH]c(=O)c(=O)[nH]c1O)c1ccc(F)c(OCC2CC2)c1. The minimum absolute atomic E-state index is 0.0116. The maximum absolute atomic E-state index is 14.0. The lowest BCUT2D eigenvalue weighted by atomic mass is 10.0. The van der Waals surface area contributed by atoms with Gasteiger partial charge in [0.1, 0.15) is 0 Å². The highest BCUT2D eigenvalue weighted by Gasteiger charge is 2.23. The van der Waals surface area contributed by atoms with Crippen LogP contribution in [0.5, 0.6) is 11.6 Å². The van der Waals surface area contributed by atoms with Crippen molar-refractivity contribution < 1.29 is 22.7 Å². The standard InChI is InChI=1S/C22H29FN2O6S/c1-14(16-8-9-17(23)19(11-16)31-12-15-6-7-15)13-32(29,30)10-4-2-3-5-18-20(26)25-22(28)21(27)24-18/h8-9,11,14-15H,2-7,10,12-13H2,1H3,(H,24,27)(H2,25,26,28)/t14-/m0/s1. The predicted octanol–water partition coefficient (Wildman–Crippen LogP) is 2.63. The summed E-state index contributed by atoms with van der Waals surface area (Å²) < 4.78 is 44.6. The molecule has 2 aromatic rings. The van der Waals surface area contributed by atoms with Crippen LogP contribution in [0.2, 0.25) is 0 Å². The second-order valence-electron chi connectivity index (χ2n) is 8.51. The van der Waals surface area contributed by atoms with E-state index in [2.05, 4.69) is 9.97 Å². The summed E-state index contributed by atoms with van der Waals surface area (Å²) >= 11 is 0. The van der Waals surface area contributed by atoms with Gasteiger partial charge in [-0.25, -0.2) is 12.8 Å². The highest BCUT2D eigenvalue weighted by molar-refractivity contribution is 7.91. The molecule has 3 N–H and O–H groups in total. The molecule has 32 heavy (non-hydrogen) atoms. The van der Waals surface area contributed by atoms with Gasteiger partial charge in [-0.3, -0.25) is 14.6 Å². The number of aromatic amines is 2. The fourth-order valence-corrected chi connectivity index (χ4v) is 5.23. The molecule has 0 spiro atoms. The van der Waals surface area contributed by atoms with Gasteiger partial charge < -0.3 is 14.8 Å². The molecule has 1 atom stereocenters. The van der Waals surface area contributed by atoms with Crippen molar-refractivity contribution >= 4 is 9.84 Å². The molecule has 176 valence electrons. The lowest BCUT2D eigenvalue weighted by Crippen LogP contribution is -2.30. The van der Waals surface area contributed by atoms with Gasteiger partial charge in [-0.05, 0) is 61.6 Å². The third-order valence-electron chi connectivity index (χ3n) is 5.57. The van der Waals surface area contributed by atoms with Crippen LogP contribution < -0.4 is 15.9 Å². The number of aryl methyl sites for hydroxylation is 1. The van der Waals surface area contributed by atoms with Crippen LogP contribution in [-0.4, -0.2) is 41.6 Å². The first-order valence-electron chi connectivity index (χ1n) is 10.8. The third-order valence-corrected chi connectivity index (χ3v) is 7.49. The first-order valence-corrected chi connectivity index (χ1v) is 12.6. The quantitative estimate of drug-likeness (QED) is 0.324. The van der Waals surface area contributed by atoms with Gasteiger partial charge in [-0.15, -0.1) is 0 Å². The normalized spacial score (nSPS) is 14.9. The molecule has 1 aliphatic rings. The summed E-state index contributed by atoms with van der Waals surface area (Å²) in [5, 5.41) is 9.66. The molecule has 1 fully saturated rings. The summed E-state index contributed by atoms with van der Waals surface area (Å²) in [6, 6.07) is 4.50. The summed E-state index contributed by atoms with van der Waals surface area (Å²) in [5.74, 6) is -0.500. The van der Waals surface area contributed by atoms with Gasteiger partial charge in [0, 0.05) is 0 Å². The van der Waals surface area contributed by atoms with Crippen LogP contribution in [0.25, 0.3) is 0 Å². The summed E-state index contributed by atoms with van der Waals surface area (Å²) in [4.78, 5) is 26.8. The number of rotatable bonds is 12. The Hall–Kier alpha value is -2.62. The Morgan fingerprint density at radius 3 is 2.59 bits per heavy atom. The van der Waals surface area contributed by atoms with Crippen molar-refractivity contribution in [2.75, 3.05) is 18.1 Å². The lowest BCUT2D eigenvalue weighted by molar-refractivity contribution is 0.285. The van der Waals surface area contributed by atoms with Crippen LogP contribution >= 0.6 is 0 Å². The van der Waals surface area contributed by atoms with Gasteiger partial charge in [0.25, 0.3) is 0 Å². The van der Waals surface area contributed by atoms with Crippen molar-refractivity contribution in [1.82, 2.24) is 9.97 Å². The number of nitrogens with one attached hydrogen (secondary N) is 2. The van der Waals surface area contributed by atoms with Crippen molar-refractivity contribution in [3.8, 4) is 11.6 Å². The van der Waals surface area contributed by atoms with Crippen molar-refractivity contribution in [3.63, 3.8) is 0 Å². The number of sulfone groups is 1. The van der Waals surface area contributed by atoms with Gasteiger partial charge in [0.05, 0.1) is 23.8 Å². The molecule has 8 nitrogen and oxygen atoms in total. The summed E-state index contributed by atoms with van der Waals surface area (Å²) in [6.07, 6.45) is 4.06. The molecule has 1 saturated carbocycles. The van der Waals surface area contributed by atoms with E-state index >= 15 is 0 Å². The van der Waals surface area contributed by atoms with Gasteiger partial charge in [-0.2, -0.15) is 0 Å². The first-order chi connectivity index (χ1) is 15.1. The summed E-state index contributed by atoms with van der Waals surface area (Å²) in [7, 11) is -3.32. The Morgan fingerprint density at radius 2 is 1.88 bits per heavy atom. The van der Waals surface area contributed by atoms with Crippen molar-refractivity contribution in [2.24, 2.45) is 5.92 Å². The zero-order chi connectivity index (χ0) is 23.3. The highest BCUT2D eigenvalue weighted by atomic mass is 32.2. The van der Waals surface area contributed by atoms with E-state index in [0.29, 0.717) is 38.2 Å². The smallest absolute Gasteiger partial charge is 0.316 e. The number of halogens is 1. The van der Waals surface area contributed by atoms with Gasteiger partial charge in [0.15, 0.2) is 21.4 Å². The van der Waals surface area contributed by atoms with Gasteiger partial charge >= 0.3 is 11.1 Å². The van der Waals surface area contributed by atoms with E-state index in [-0.39, 0.29) is 34.7 Å². The molecule has 3 rings (SSSR count). The molecule has 10 heteroatoms. The van der Waals surface area contributed by atoms with Gasteiger partial charge in [-0.1, -0.05) is 19.4 Å². The number of unbranched alkanes of at least 4 members (excludes halogenated alkanes) is 2. The number of aromatic hydroxyl groups is 1. The molecule has 0 bridgehead atoms. The minimum Gasteiger partial charge on any atom is -0.493 e. The van der Waals surface area contributed by atoms with Crippen molar-refractivity contribution in [2.45, 2.75) is 51.4 Å². The summed E-state index contributed by atoms with van der Waals surface area (Å²) in [5.41, 5.74) is -0.814. The van der Waals surface area contributed by atoms with Crippen LogP contribution in [0.15, 0.2) is 27.8 Å². The van der Waals surface area contributed by atoms with Crippen LogP contribution in [0, 0.1) is 11.7 Å². The molecular formula is C22H29FN2O6S. The van der Waals surface area contributed by atoms with Crippen molar-refractivity contribution in [1.29, 1.82) is 0 Å². The van der Waals surface area contributed by atoms with E-state index in [1.165, 1.54) is 6.07 Å². The molecule has 1 aromatic carbocycles. The Kier molecular flexibility index (Phi) is 7.76. The average Bonchev–Trinajstić information content (AvgIpc) is 3.54. The zero-order valence-electron chi connectivity index (χ0n) is 18.0. The Bertz CT molecular complexity index is 1150. The van der Waals surface area contributed by atoms with Crippen LogP contribution in [0.1, 0.15) is 56.2 Å². The second-order valence-corrected chi connectivity index (χ2v) is 10.7. The molecule has 0 saturated heterocycles. The Balaban J connectivity index is 1.46. The third kappa shape index (κ3) is 6.94. The fraction of sp³-hybridized carbons (Fsp3) is 0.545. The zero-order valence-corrected chi connectivity index (χ0v) is 18.8. The molecule has 0 aliphatic heterocycles. The molecular weight excluding hydrogens is 439 g/mol. The molecule has 1 heterocycles. The minimum atomic E-state index is -3.32. The maximum Gasteiger partial charge on any atom is 0.316 e. The number of hydrogen-bond acceptors (Lipinski definition) is 6. The largest absolute Gasteiger partial charge is 0.493 e. The van der Waals surface area contributed by atoms with Crippen LogP contribution in [0.4, 0.5) is 4.39 Å². The van der Waals surface area contributed by atoms with E-state index in [9.17, 15) is 27.5 Å². The number of ether oxygens (including phenoxy) is 1. The van der Waals surface area contributed by atoms with E-state index in [1.807, 2.05) is 0 Å². The molecule has 0 amide bonds. The fourth-order valence-electron chi connectivity index (χ4n) is 3.46. The molecule has 1 aromatic heterocycles. The maximum atomic E-state index is 14.0. The second kappa shape index (κ2) is 10.3. The van der Waals surface area contributed by atoms with E-state index in [4.69, 9.17) is 4.74 Å². The van der Waals surface area contributed by atoms with Gasteiger partial charge in [0.2, 0.25) is 5.88 Å². The number of aromatic nitrogens is 2. The first kappa shape index (κ1) is 24.0. The summed E-state index contributed by atoms with van der Waals surface area (Å²) in [6.45, 7) is 2.28. The van der Waals surface area contributed by atoms with E-state index in [1.54, 1.807) is 19.1 Å². The monoisotopic (exact) mass is 468 g/mol. The Labute approximate surface area is 185 Å². The number of benzene rings is 1. The number of H-pyrrole nitrogens is 2. The number of hydrogen-bond donors (Lipinski definition) is 3. The van der Waals surface area contributed by atoms with E-state index < -0.39 is 26.8 Å². The molecule has 1 aliphatic carbocycles. The predicted molar refractivity (Wildman–Crippen MR) is 119 cm³/mol. The average molecular weight is 469 g/mol. The van der Waals surface area contributed by atoms with E-state index in [0.717, 1.165) is 18.4 Å². The lowest BCUT2D eigenvalue weighted by Gasteiger charge is -2.15. The van der Waals surface area contributed by atoms with Crippen LogP contribution in [-0.2, 0) is 16.3 Å². The van der Waals surface area contributed by atoms with Crippen LogP contribution in [0.3, 0.4) is 0 Å². The van der Waals surface area contributed by atoms with Crippen molar-refractivity contribution in [3.05, 3.63) is 56.0 Å². The Morgan fingerprint density at radius 1 is 1.16 bits per heavy atom. The molecule has 0 unspecified atom stereocenters. The molecule has 0 radical (unpaired) electrons. The highest BCUT2D eigenvalue weighted by Crippen LogP contribution is 2.31.